The number of piperidine rings is 1. The van der Waals surface area contributed by atoms with Gasteiger partial charge in [0.25, 0.3) is 0 Å². The van der Waals surface area contributed by atoms with Crippen LogP contribution in [0.2, 0.25) is 0 Å². The molecule has 2 rings (SSSR count). The molecule has 2 N–H and O–H groups in total. The van der Waals surface area contributed by atoms with Gasteiger partial charge in [0.2, 0.25) is 0 Å². The molecule has 0 aliphatic carbocycles. The van der Waals surface area contributed by atoms with Crippen LogP contribution in [0.4, 0.5) is 0 Å². The van der Waals surface area contributed by atoms with E-state index < -0.39 is 0 Å². The Morgan fingerprint density at radius 3 is 2.75 bits per heavy atom. The first-order chi connectivity index (χ1) is 5.47. The largest absolute Gasteiger partial charge is 0.362 e. The fourth-order valence-corrected chi connectivity index (χ4v) is 1.89. The minimum Gasteiger partial charge on any atom is -0.362 e. The van der Waals surface area contributed by atoms with Crippen LogP contribution in [0.5, 0.6) is 0 Å². The first-order valence-electron chi connectivity index (χ1n) is 4.52. The summed E-state index contributed by atoms with van der Waals surface area (Å²) < 4.78 is 5.54. The molecule has 0 aromatic carbocycles. The number of hydrogen-bond acceptors (Lipinski definition) is 3. The van der Waals surface area contributed by atoms with Gasteiger partial charge in [-0.2, -0.15) is 0 Å². The van der Waals surface area contributed by atoms with Crippen molar-refractivity contribution in [3.63, 3.8) is 0 Å². The third-order valence-electron chi connectivity index (χ3n) is 2.51. The Hall–Kier alpha value is 0.170. The number of halogens is 1. The Balaban J connectivity index is 0.000000720. The summed E-state index contributed by atoms with van der Waals surface area (Å²) in [6, 6.07) is 0. The molecule has 4 heteroatoms. The molecule has 0 radical (unpaired) electrons. The Bertz CT molecular complexity index is 122. The number of hydrogen-bond donors (Lipinski definition) is 2. The number of ether oxygens (including phenoxy) is 1. The second-order valence-electron chi connectivity index (χ2n) is 3.35. The van der Waals surface area contributed by atoms with Gasteiger partial charge in [-0.3, -0.25) is 5.32 Å². The minimum absolute atomic E-state index is 0. The Morgan fingerprint density at radius 2 is 2.17 bits per heavy atom. The highest BCUT2D eigenvalue weighted by Crippen LogP contribution is 2.17. The van der Waals surface area contributed by atoms with Gasteiger partial charge in [0.05, 0.1) is 6.61 Å². The standard InChI is InChI=1S/C8H16N2O.ClH/c1-2-7(6-9-3-1)8-10-4-5-11-8;/h7-10H,1-6H2;1H. The second kappa shape index (κ2) is 5.02. The predicted octanol–water partition coefficient (Wildman–Crippen LogP) is 0.354. The summed E-state index contributed by atoms with van der Waals surface area (Å²) in [6.45, 7) is 4.23. The van der Waals surface area contributed by atoms with Crippen molar-refractivity contribution in [1.29, 1.82) is 0 Å². The average Bonchev–Trinajstić information content (AvgIpc) is 2.58. The molecule has 2 atom stereocenters. The van der Waals surface area contributed by atoms with Crippen molar-refractivity contribution >= 4 is 12.4 Å². The van der Waals surface area contributed by atoms with Crippen molar-refractivity contribution in [3.8, 4) is 0 Å². The van der Waals surface area contributed by atoms with Crippen LogP contribution in [0.25, 0.3) is 0 Å². The molecule has 12 heavy (non-hydrogen) atoms. The van der Waals surface area contributed by atoms with Crippen LogP contribution in [0.3, 0.4) is 0 Å². The molecule has 0 aromatic rings. The van der Waals surface area contributed by atoms with Gasteiger partial charge in [-0.05, 0) is 19.4 Å². The maximum atomic E-state index is 5.54. The first kappa shape index (κ1) is 10.3. The molecule has 2 aliphatic rings. The van der Waals surface area contributed by atoms with Crippen molar-refractivity contribution in [2.75, 3.05) is 26.2 Å². The van der Waals surface area contributed by atoms with E-state index in [0.29, 0.717) is 12.1 Å². The molecule has 2 unspecified atom stereocenters. The van der Waals surface area contributed by atoms with Gasteiger partial charge >= 0.3 is 0 Å². The maximum Gasteiger partial charge on any atom is 0.112 e. The Kier molecular flexibility index (Phi) is 4.29. The molecule has 3 nitrogen and oxygen atoms in total. The molecule has 0 aromatic heterocycles. The Labute approximate surface area is 79.6 Å². The monoisotopic (exact) mass is 192 g/mol. The number of rotatable bonds is 1. The van der Waals surface area contributed by atoms with Crippen molar-refractivity contribution in [2.24, 2.45) is 5.92 Å². The van der Waals surface area contributed by atoms with Gasteiger partial charge in [-0.1, -0.05) is 0 Å². The molecular formula is C8H17ClN2O. The SMILES string of the molecule is C1CNCC(C2NCCO2)C1.Cl. The lowest BCUT2D eigenvalue weighted by Gasteiger charge is -2.27. The van der Waals surface area contributed by atoms with E-state index in [1.54, 1.807) is 0 Å². The highest BCUT2D eigenvalue weighted by atomic mass is 35.5. The summed E-state index contributed by atoms with van der Waals surface area (Å²) in [5.41, 5.74) is 0. The predicted molar refractivity (Wildman–Crippen MR) is 50.6 cm³/mol. The van der Waals surface area contributed by atoms with E-state index in [4.69, 9.17) is 4.74 Å². The molecule has 0 bridgehead atoms. The smallest absolute Gasteiger partial charge is 0.112 e. The van der Waals surface area contributed by atoms with Gasteiger partial charge < -0.3 is 10.1 Å². The summed E-state index contributed by atoms with van der Waals surface area (Å²) in [5, 5.41) is 6.76. The zero-order chi connectivity index (χ0) is 7.52. The fourth-order valence-electron chi connectivity index (χ4n) is 1.89. The van der Waals surface area contributed by atoms with E-state index in [0.717, 1.165) is 19.7 Å². The quantitative estimate of drug-likeness (QED) is 0.630. The normalized spacial score (nSPS) is 36.0. The zero-order valence-electron chi connectivity index (χ0n) is 7.21. The second-order valence-corrected chi connectivity index (χ2v) is 3.35. The van der Waals surface area contributed by atoms with Gasteiger partial charge in [-0.25, -0.2) is 0 Å². The van der Waals surface area contributed by atoms with Gasteiger partial charge in [0.1, 0.15) is 6.23 Å². The third-order valence-corrected chi connectivity index (χ3v) is 2.51. The molecule has 2 heterocycles. The van der Waals surface area contributed by atoms with Crippen LogP contribution >= 0.6 is 12.4 Å². The summed E-state index contributed by atoms with van der Waals surface area (Å²) in [6.07, 6.45) is 2.94. The van der Waals surface area contributed by atoms with Gasteiger partial charge in [0.15, 0.2) is 0 Å². The van der Waals surface area contributed by atoms with Crippen LogP contribution in [0.15, 0.2) is 0 Å². The highest BCUT2D eigenvalue weighted by Gasteiger charge is 2.26. The number of nitrogens with one attached hydrogen (secondary N) is 2. The van der Waals surface area contributed by atoms with E-state index in [-0.39, 0.29) is 12.4 Å². The molecular weight excluding hydrogens is 176 g/mol. The maximum absolute atomic E-state index is 5.54. The molecule has 2 aliphatic heterocycles. The summed E-state index contributed by atoms with van der Waals surface area (Å²) >= 11 is 0. The van der Waals surface area contributed by atoms with Crippen LogP contribution in [0.1, 0.15) is 12.8 Å². The zero-order valence-corrected chi connectivity index (χ0v) is 8.03. The summed E-state index contributed by atoms with van der Waals surface area (Å²) in [7, 11) is 0. The van der Waals surface area contributed by atoms with E-state index in [1.807, 2.05) is 0 Å². The first-order valence-corrected chi connectivity index (χ1v) is 4.52. The van der Waals surface area contributed by atoms with Crippen LogP contribution in [-0.2, 0) is 4.74 Å². The molecule has 0 spiro atoms. The molecule has 0 saturated carbocycles. The minimum atomic E-state index is 0. The van der Waals surface area contributed by atoms with Crippen LogP contribution < -0.4 is 10.6 Å². The van der Waals surface area contributed by atoms with Crippen molar-refractivity contribution in [2.45, 2.75) is 19.1 Å². The van der Waals surface area contributed by atoms with Crippen molar-refractivity contribution in [3.05, 3.63) is 0 Å². The van der Waals surface area contributed by atoms with Crippen LogP contribution in [0, 0.1) is 5.92 Å². The third kappa shape index (κ3) is 2.33. The lowest BCUT2D eigenvalue weighted by atomic mass is 9.98. The van der Waals surface area contributed by atoms with E-state index in [9.17, 15) is 0 Å². The summed E-state index contributed by atoms with van der Waals surface area (Å²) in [5.74, 6) is 0.700. The van der Waals surface area contributed by atoms with Crippen molar-refractivity contribution in [1.82, 2.24) is 10.6 Å². The van der Waals surface area contributed by atoms with Gasteiger partial charge in [-0.15, -0.1) is 12.4 Å². The average molecular weight is 193 g/mol. The summed E-state index contributed by atoms with van der Waals surface area (Å²) in [4.78, 5) is 0. The van der Waals surface area contributed by atoms with E-state index in [2.05, 4.69) is 10.6 Å². The van der Waals surface area contributed by atoms with Gasteiger partial charge in [0, 0.05) is 19.0 Å². The van der Waals surface area contributed by atoms with Crippen LogP contribution in [-0.4, -0.2) is 32.5 Å². The molecule has 72 valence electrons. The van der Waals surface area contributed by atoms with E-state index >= 15 is 0 Å². The highest BCUT2D eigenvalue weighted by molar-refractivity contribution is 5.85. The molecule has 2 saturated heterocycles. The molecule has 2 fully saturated rings. The molecule has 0 amide bonds. The lowest BCUT2D eigenvalue weighted by Crippen LogP contribution is -2.41. The fraction of sp³-hybridized carbons (Fsp3) is 1.00. The van der Waals surface area contributed by atoms with Crippen molar-refractivity contribution < 1.29 is 4.74 Å². The topological polar surface area (TPSA) is 33.3 Å². The lowest BCUT2D eigenvalue weighted by molar-refractivity contribution is 0.0422. The van der Waals surface area contributed by atoms with E-state index in [1.165, 1.54) is 19.4 Å². The Morgan fingerprint density at radius 1 is 1.25 bits per heavy atom.